The molecule has 0 aromatic heterocycles. The minimum absolute atomic E-state index is 0.237. The van der Waals surface area contributed by atoms with Gasteiger partial charge >= 0.3 is 23.9 Å². The molecule has 0 N–H and O–H groups in total. The van der Waals surface area contributed by atoms with Gasteiger partial charge in [0, 0.05) is 25.7 Å². The van der Waals surface area contributed by atoms with Gasteiger partial charge in [0.15, 0.2) is 0 Å². The lowest BCUT2D eigenvalue weighted by molar-refractivity contribution is -0.142. The Bertz CT molecular complexity index is 1040. The van der Waals surface area contributed by atoms with Crippen molar-refractivity contribution in [2.45, 2.75) is 79.1 Å². The second kappa shape index (κ2) is 12.0. The maximum Gasteiger partial charge on any atom is 0.334 e. The number of carbonyl (C=O) groups excluding carboxylic acids is 4. The normalized spacial score (nSPS) is 19.1. The van der Waals surface area contributed by atoms with Crippen molar-refractivity contribution in [3.05, 3.63) is 55.7 Å². The number of esters is 4. The molecule has 0 aliphatic heterocycles. The van der Waals surface area contributed by atoms with Crippen LogP contribution in [0.25, 0.3) is 0 Å². The number of carbonyl (C=O) groups is 4. The van der Waals surface area contributed by atoms with E-state index in [1.54, 1.807) is 27.7 Å². The zero-order valence-corrected chi connectivity index (χ0v) is 22.8. The molecule has 4 aliphatic carbocycles. The van der Waals surface area contributed by atoms with Crippen molar-refractivity contribution >= 4 is 23.9 Å². The van der Waals surface area contributed by atoms with Crippen LogP contribution in [0.2, 0.25) is 0 Å². The van der Waals surface area contributed by atoms with E-state index in [9.17, 15) is 19.2 Å². The molecule has 0 amide bonds. The highest BCUT2D eigenvalue weighted by Crippen LogP contribution is 2.49. The van der Waals surface area contributed by atoms with E-state index in [-0.39, 0.29) is 26.4 Å². The first-order valence-corrected chi connectivity index (χ1v) is 13.5. The first kappa shape index (κ1) is 27.6. The fourth-order valence-electron chi connectivity index (χ4n) is 5.84. The van der Waals surface area contributed by atoms with Crippen LogP contribution in [0.3, 0.4) is 0 Å². The SMILES string of the molecule is CCOC(=O)C1=C(C(=O)OCC)CC2=C(CC3=C(C2)CC2=C(C3)CC(C(=O)OCC)=C(C(=O)OCC)C2)C1. The molecule has 204 valence electrons. The van der Waals surface area contributed by atoms with Gasteiger partial charge in [0.2, 0.25) is 0 Å². The Balaban J connectivity index is 1.55. The summed E-state index contributed by atoms with van der Waals surface area (Å²) in [5, 5.41) is 0. The molecule has 0 saturated carbocycles. The minimum atomic E-state index is -0.460. The van der Waals surface area contributed by atoms with E-state index >= 15 is 0 Å². The molecule has 0 bridgehead atoms. The van der Waals surface area contributed by atoms with Crippen LogP contribution >= 0.6 is 0 Å². The monoisotopic (exact) mass is 524 g/mol. The molecular formula is C30H36O8. The molecule has 4 aliphatic rings. The largest absolute Gasteiger partial charge is 0.463 e. The lowest BCUT2D eigenvalue weighted by Crippen LogP contribution is -2.25. The summed E-state index contributed by atoms with van der Waals surface area (Å²) in [5.74, 6) is -1.84. The summed E-state index contributed by atoms with van der Waals surface area (Å²) in [6.07, 6.45) is 4.43. The zero-order chi connectivity index (χ0) is 27.4. The van der Waals surface area contributed by atoms with Gasteiger partial charge in [-0.05, 0) is 53.4 Å². The van der Waals surface area contributed by atoms with Crippen molar-refractivity contribution < 1.29 is 38.1 Å². The second-order valence-electron chi connectivity index (χ2n) is 9.83. The molecule has 0 saturated heterocycles. The molecule has 8 nitrogen and oxygen atoms in total. The van der Waals surface area contributed by atoms with Gasteiger partial charge in [0.05, 0.1) is 48.7 Å². The van der Waals surface area contributed by atoms with Crippen LogP contribution < -0.4 is 0 Å². The molecule has 38 heavy (non-hydrogen) atoms. The Labute approximate surface area is 223 Å². The maximum absolute atomic E-state index is 12.7. The van der Waals surface area contributed by atoms with Crippen LogP contribution in [-0.2, 0) is 38.1 Å². The highest BCUT2D eigenvalue weighted by molar-refractivity contribution is 6.02. The number of hydrogen-bond donors (Lipinski definition) is 0. The molecule has 0 spiro atoms. The Morgan fingerprint density at radius 2 is 0.579 bits per heavy atom. The average Bonchev–Trinajstić information content (AvgIpc) is 2.89. The Morgan fingerprint density at radius 3 is 0.763 bits per heavy atom. The van der Waals surface area contributed by atoms with Crippen LogP contribution in [0.5, 0.6) is 0 Å². The summed E-state index contributed by atoms with van der Waals surface area (Å²) in [7, 11) is 0. The molecule has 0 heterocycles. The summed E-state index contributed by atoms with van der Waals surface area (Å²) < 4.78 is 21.1. The van der Waals surface area contributed by atoms with Gasteiger partial charge in [-0.2, -0.15) is 0 Å². The number of rotatable bonds is 8. The van der Waals surface area contributed by atoms with Gasteiger partial charge in [0.25, 0.3) is 0 Å². The molecule has 8 heteroatoms. The summed E-state index contributed by atoms with van der Waals surface area (Å²) in [5.41, 5.74) is 8.82. The van der Waals surface area contributed by atoms with Crippen molar-refractivity contribution in [2.75, 3.05) is 26.4 Å². The lowest BCUT2D eigenvalue weighted by atomic mass is 9.69. The molecule has 0 unspecified atom stereocenters. The minimum Gasteiger partial charge on any atom is -0.463 e. The predicted molar refractivity (Wildman–Crippen MR) is 139 cm³/mol. The summed E-state index contributed by atoms with van der Waals surface area (Å²) >= 11 is 0. The van der Waals surface area contributed by atoms with Crippen molar-refractivity contribution in [3.63, 3.8) is 0 Å². The smallest absolute Gasteiger partial charge is 0.334 e. The fraction of sp³-hybridized carbons (Fsp3) is 0.533. The van der Waals surface area contributed by atoms with E-state index in [4.69, 9.17) is 18.9 Å². The number of hydrogen-bond acceptors (Lipinski definition) is 8. The Kier molecular flexibility index (Phi) is 8.69. The zero-order valence-electron chi connectivity index (χ0n) is 22.8. The maximum atomic E-state index is 12.7. The highest BCUT2D eigenvalue weighted by atomic mass is 16.5. The Hall–Kier alpha value is -3.42. The predicted octanol–water partition coefficient (Wildman–Crippen LogP) is 4.90. The summed E-state index contributed by atoms with van der Waals surface area (Å²) in [4.78, 5) is 50.9. The topological polar surface area (TPSA) is 105 Å². The molecule has 0 aromatic carbocycles. The van der Waals surface area contributed by atoms with Crippen LogP contribution in [0, 0.1) is 0 Å². The van der Waals surface area contributed by atoms with E-state index < -0.39 is 23.9 Å². The number of allylic oxidation sites excluding steroid dienone is 6. The quantitative estimate of drug-likeness (QED) is 0.251. The molecule has 0 fully saturated rings. The first-order chi connectivity index (χ1) is 18.3. The lowest BCUT2D eigenvalue weighted by Gasteiger charge is -2.36. The van der Waals surface area contributed by atoms with Gasteiger partial charge in [-0.1, -0.05) is 33.4 Å². The van der Waals surface area contributed by atoms with Crippen LogP contribution in [0.15, 0.2) is 55.7 Å². The average molecular weight is 525 g/mol. The molecule has 0 atom stereocenters. The van der Waals surface area contributed by atoms with Gasteiger partial charge in [-0.25, -0.2) is 19.2 Å². The van der Waals surface area contributed by atoms with Gasteiger partial charge in [-0.3, -0.25) is 0 Å². The summed E-state index contributed by atoms with van der Waals surface area (Å²) in [6, 6.07) is 0. The first-order valence-electron chi connectivity index (χ1n) is 13.5. The van der Waals surface area contributed by atoms with Crippen molar-refractivity contribution in [1.82, 2.24) is 0 Å². The van der Waals surface area contributed by atoms with Crippen molar-refractivity contribution in [2.24, 2.45) is 0 Å². The van der Waals surface area contributed by atoms with Crippen molar-refractivity contribution in [3.8, 4) is 0 Å². The molecular weight excluding hydrogens is 488 g/mol. The molecule has 4 rings (SSSR count). The van der Waals surface area contributed by atoms with E-state index in [2.05, 4.69) is 0 Å². The van der Waals surface area contributed by atoms with E-state index in [1.807, 2.05) is 0 Å². The molecule has 0 aromatic rings. The van der Waals surface area contributed by atoms with Gasteiger partial charge in [-0.15, -0.1) is 0 Å². The van der Waals surface area contributed by atoms with Gasteiger partial charge in [0.1, 0.15) is 0 Å². The third-order valence-electron chi connectivity index (χ3n) is 7.58. The molecule has 0 radical (unpaired) electrons. The van der Waals surface area contributed by atoms with E-state index in [1.165, 1.54) is 11.1 Å². The van der Waals surface area contributed by atoms with Crippen LogP contribution in [0.4, 0.5) is 0 Å². The van der Waals surface area contributed by atoms with Crippen LogP contribution in [-0.4, -0.2) is 50.3 Å². The second-order valence-corrected chi connectivity index (χ2v) is 9.83. The van der Waals surface area contributed by atoms with Crippen LogP contribution in [0.1, 0.15) is 79.1 Å². The summed E-state index contributed by atoms with van der Waals surface area (Å²) in [6.45, 7) is 7.94. The van der Waals surface area contributed by atoms with E-state index in [0.29, 0.717) is 48.0 Å². The van der Waals surface area contributed by atoms with E-state index in [0.717, 1.165) is 48.0 Å². The third kappa shape index (κ3) is 5.54. The standard InChI is InChI=1S/C30H36O8/c1-5-35-27(31)23-13-19-9-17-11-21-15-25(29(33)37-7-3)26(30(34)38-8-4)16-22(21)12-18(17)10-20(19)14-24(23)28(32)36-6-2/h5-16H2,1-4H3. The van der Waals surface area contributed by atoms with Gasteiger partial charge < -0.3 is 18.9 Å². The Morgan fingerprint density at radius 1 is 0.395 bits per heavy atom. The third-order valence-corrected chi connectivity index (χ3v) is 7.58. The fourth-order valence-corrected chi connectivity index (χ4v) is 5.84. The highest BCUT2D eigenvalue weighted by Gasteiger charge is 2.37. The van der Waals surface area contributed by atoms with Crippen molar-refractivity contribution in [1.29, 1.82) is 0 Å². The number of ether oxygens (including phenoxy) is 4.